The number of nitrogens with one attached hydrogen (secondary N) is 1. The summed E-state index contributed by atoms with van der Waals surface area (Å²) >= 11 is 0. The minimum atomic E-state index is -0.466. The molecule has 1 amide bonds. The summed E-state index contributed by atoms with van der Waals surface area (Å²) in [6.45, 7) is 2.30. The highest BCUT2D eigenvalue weighted by molar-refractivity contribution is 5.77. The van der Waals surface area contributed by atoms with Crippen LogP contribution in [0.15, 0.2) is 18.2 Å². The Balaban J connectivity index is 2.83. The summed E-state index contributed by atoms with van der Waals surface area (Å²) in [5.41, 5.74) is 0.357. The van der Waals surface area contributed by atoms with Gasteiger partial charge in [0, 0.05) is 32.8 Å². The Morgan fingerprint density at radius 1 is 1.47 bits per heavy atom. The van der Waals surface area contributed by atoms with E-state index in [0.717, 1.165) is 0 Å². The molecule has 7 nitrogen and oxygen atoms in total. The zero-order chi connectivity index (χ0) is 14.4. The van der Waals surface area contributed by atoms with Crippen molar-refractivity contribution in [3.8, 4) is 5.75 Å². The van der Waals surface area contributed by atoms with Crippen molar-refractivity contribution >= 4 is 17.3 Å². The molecule has 1 aromatic carbocycles. The lowest BCUT2D eigenvalue weighted by Crippen LogP contribution is -2.27. The van der Waals surface area contributed by atoms with Crippen LogP contribution in [0.2, 0.25) is 0 Å². The monoisotopic (exact) mass is 267 g/mol. The van der Waals surface area contributed by atoms with Crippen LogP contribution in [0.1, 0.15) is 6.92 Å². The minimum absolute atomic E-state index is 0.0202. The van der Waals surface area contributed by atoms with Crippen molar-refractivity contribution in [3.05, 3.63) is 28.3 Å². The highest BCUT2D eigenvalue weighted by atomic mass is 16.6. The second-order valence-corrected chi connectivity index (χ2v) is 4.04. The third-order valence-corrected chi connectivity index (χ3v) is 2.39. The van der Waals surface area contributed by atoms with Crippen molar-refractivity contribution in [1.29, 1.82) is 0 Å². The number of likely N-dealkylation sites (N-methyl/N-ethyl adjacent to an activating group) is 1. The molecule has 1 rings (SSSR count). The van der Waals surface area contributed by atoms with Gasteiger partial charge >= 0.3 is 0 Å². The van der Waals surface area contributed by atoms with Gasteiger partial charge in [0.15, 0.2) is 6.61 Å². The van der Waals surface area contributed by atoms with Crippen molar-refractivity contribution in [2.45, 2.75) is 6.92 Å². The van der Waals surface area contributed by atoms with E-state index in [-0.39, 0.29) is 18.2 Å². The molecule has 0 aliphatic heterocycles. The molecule has 0 aromatic heterocycles. The number of benzene rings is 1. The second-order valence-electron chi connectivity index (χ2n) is 4.04. The summed E-state index contributed by atoms with van der Waals surface area (Å²) in [7, 11) is 3.26. The molecule has 104 valence electrons. The van der Waals surface area contributed by atoms with Gasteiger partial charge in [-0.15, -0.1) is 0 Å². The second kappa shape index (κ2) is 6.58. The Labute approximate surface area is 111 Å². The molecular weight excluding hydrogens is 250 g/mol. The molecule has 19 heavy (non-hydrogen) atoms. The summed E-state index contributed by atoms with van der Waals surface area (Å²) in [5.74, 6) is 0.236. The number of amides is 1. The molecule has 0 radical (unpaired) electrons. The van der Waals surface area contributed by atoms with Crippen LogP contribution in [0.3, 0.4) is 0 Å². The molecule has 0 aliphatic rings. The highest BCUT2D eigenvalue weighted by Gasteiger charge is 2.14. The first-order chi connectivity index (χ1) is 8.95. The van der Waals surface area contributed by atoms with Crippen LogP contribution in [-0.2, 0) is 4.79 Å². The Bertz CT molecular complexity index is 474. The molecule has 0 spiro atoms. The standard InChI is InChI=1S/C12H17N3O4/c1-4-13-10-7-9(5-6-11(10)15(17)18)19-8-12(16)14(2)3/h5-7,13H,4,8H2,1-3H3. The first kappa shape index (κ1) is 14.7. The van der Waals surface area contributed by atoms with Crippen molar-refractivity contribution in [1.82, 2.24) is 4.90 Å². The summed E-state index contributed by atoms with van der Waals surface area (Å²) in [6.07, 6.45) is 0. The SMILES string of the molecule is CCNc1cc(OCC(=O)N(C)C)ccc1[N+](=O)[O-]. The van der Waals surface area contributed by atoms with Gasteiger partial charge in [-0.3, -0.25) is 14.9 Å². The molecule has 0 atom stereocenters. The molecule has 0 unspecified atom stereocenters. The number of carbonyl (C=O) groups is 1. The number of hydrogen-bond donors (Lipinski definition) is 1. The smallest absolute Gasteiger partial charge is 0.292 e. The van der Waals surface area contributed by atoms with E-state index in [0.29, 0.717) is 18.0 Å². The molecule has 0 aliphatic carbocycles. The fraction of sp³-hybridized carbons (Fsp3) is 0.417. The van der Waals surface area contributed by atoms with E-state index >= 15 is 0 Å². The van der Waals surface area contributed by atoms with Crippen LogP contribution in [0.4, 0.5) is 11.4 Å². The summed E-state index contributed by atoms with van der Waals surface area (Å²) in [5, 5.41) is 13.7. The van der Waals surface area contributed by atoms with Crippen molar-refractivity contribution in [2.75, 3.05) is 32.6 Å². The molecule has 0 saturated carbocycles. The fourth-order valence-corrected chi connectivity index (χ4v) is 1.37. The number of carbonyl (C=O) groups excluding carboxylic acids is 1. The molecule has 1 N–H and O–H groups in total. The molecule has 0 fully saturated rings. The van der Waals surface area contributed by atoms with Gasteiger partial charge in [0.2, 0.25) is 0 Å². The van der Waals surface area contributed by atoms with Gasteiger partial charge in [0.05, 0.1) is 4.92 Å². The van der Waals surface area contributed by atoms with Gasteiger partial charge in [-0.25, -0.2) is 0 Å². The summed E-state index contributed by atoms with van der Waals surface area (Å²) in [6, 6.07) is 4.35. The number of nitrogens with zero attached hydrogens (tertiary/aromatic N) is 2. The number of anilines is 1. The van der Waals surface area contributed by atoms with E-state index in [4.69, 9.17) is 4.74 Å². The molecular formula is C12H17N3O4. The molecule has 0 saturated heterocycles. The van der Waals surface area contributed by atoms with Crippen molar-refractivity contribution in [2.24, 2.45) is 0 Å². The molecule has 0 bridgehead atoms. The largest absolute Gasteiger partial charge is 0.484 e. The average molecular weight is 267 g/mol. The first-order valence-corrected chi connectivity index (χ1v) is 5.81. The van der Waals surface area contributed by atoms with E-state index in [1.807, 2.05) is 6.92 Å². The lowest BCUT2D eigenvalue weighted by Gasteiger charge is -2.12. The Hall–Kier alpha value is -2.31. The van der Waals surface area contributed by atoms with E-state index in [1.165, 1.54) is 23.1 Å². The Morgan fingerprint density at radius 2 is 2.16 bits per heavy atom. The molecule has 0 heterocycles. The fourth-order valence-electron chi connectivity index (χ4n) is 1.37. The van der Waals surface area contributed by atoms with Gasteiger partial charge in [-0.05, 0) is 13.0 Å². The van der Waals surface area contributed by atoms with Crippen molar-refractivity contribution < 1.29 is 14.5 Å². The number of ether oxygens (including phenoxy) is 1. The maximum atomic E-state index is 11.4. The van der Waals surface area contributed by atoms with Gasteiger partial charge < -0.3 is 15.0 Å². The topological polar surface area (TPSA) is 84.7 Å². The number of hydrogen-bond acceptors (Lipinski definition) is 5. The lowest BCUT2D eigenvalue weighted by atomic mass is 10.2. The Morgan fingerprint density at radius 3 is 2.68 bits per heavy atom. The molecule has 1 aromatic rings. The van der Waals surface area contributed by atoms with Crippen LogP contribution in [0, 0.1) is 10.1 Å². The maximum Gasteiger partial charge on any atom is 0.292 e. The van der Waals surface area contributed by atoms with Gasteiger partial charge in [0.25, 0.3) is 11.6 Å². The van der Waals surface area contributed by atoms with E-state index in [1.54, 1.807) is 14.1 Å². The predicted octanol–water partition coefficient (Wildman–Crippen LogP) is 1.49. The summed E-state index contributed by atoms with van der Waals surface area (Å²) in [4.78, 5) is 23.2. The molecule has 7 heteroatoms. The van der Waals surface area contributed by atoms with E-state index in [9.17, 15) is 14.9 Å². The highest BCUT2D eigenvalue weighted by Crippen LogP contribution is 2.28. The van der Waals surface area contributed by atoms with Crippen LogP contribution in [0.5, 0.6) is 5.75 Å². The summed E-state index contributed by atoms with van der Waals surface area (Å²) < 4.78 is 5.30. The maximum absolute atomic E-state index is 11.4. The third kappa shape index (κ3) is 4.13. The van der Waals surface area contributed by atoms with Crippen LogP contribution in [-0.4, -0.2) is 43.0 Å². The zero-order valence-corrected chi connectivity index (χ0v) is 11.2. The number of nitro groups is 1. The van der Waals surface area contributed by atoms with Crippen LogP contribution >= 0.6 is 0 Å². The van der Waals surface area contributed by atoms with Gasteiger partial charge in [-0.1, -0.05) is 0 Å². The van der Waals surface area contributed by atoms with Gasteiger partial charge in [0.1, 0.15) is 11.4 Å². The van der Waals surface area contributed by atoms with Gasteiger partial charge in [-0.2, -0.15) is 0 Å². The normalized spacial score (nSPS) is 9.84. The predicted molar refractivity (Wildman–Crippen MR) is 71.4 cm³/mol. The lowest BCUT2D eigenvalue weighted by molar-refractivity contribution is -0.384. The first-order valence-electron chi connectivity index (χ1n) is 5.81. The average Bonchev–Trinajstić information content (AvgIpc) is 2.36. The van der Waals surface area contributed by atoms with Crippen molar-refractivity contribution in [3.63, 3.8) is 0 Å². The zero-order valence-electron chi connectivity index (χ0n) is 11.2. The number of rotatable bonds is 6. The third-order valence-electron chi connectivity index (χ3n) is 2.39. The quantitative estimate of drug-likeness (QED) is 0.623. The Kier molecular flexibility index (Phi) is 5.11. The number of nitro benzene ring substituents is 1. The van der Waals surface area contributed by atoms with Crippen LogP contribution < -0.4 is 10.1 Å². The van der Waals surface area contributed by atoms with E-state index in [2.05, 4.69) is 5.32 Å². The van der Waals surface area contributed by atoms with E-state index < -0.39 is 4.92 Å². The minimum Gasteiger partial charge on any atom is -0.484 e. The van der Waals surface area contributed by atoms with Crippen LogP contribution in [0.25, 0.3) is 0 Å².